The van der Waals surface area contributed by atoms with Gasteiger partial charge in [-0.05, 0) is 56.4 Å². The molecule has 1 unspecified atom stereocenters. The van der Waals surface area contributed by atoms with Crippen molar-refractivity contribution in [2.24, 2.45) is 5.92 Å². The van der Waals surface area contributed by atoms with Crippen LogP contribution in [0.2, 0.25) is 0 Å². The van der Waals surface area contributed by atoms with Gasteiger partial charge in [0, 0.05) is 19.0 Å². The van der Waals surface area contributed by atoms with Gasteiger partial charge in [-0.3, -0.25) is 0 Å². The van der Waals surface area contributed by atoms with Crippen LogP contribution in [-0.2, 0) is 10.0 Å². The molecular weight excluding hydrogens is 310 g/mol. The number of sulfonamides is 1. The molecule has 1 fully saturated rings. The second-order valence-corrected chi connectivity index (χ2v) is 7.84. The van der Waals surface area contributed by atoms with Crippen LogP contribution in [0.25, 0.3) is 0 Å². The molecule has 0 radical (unpaired) electrons. The van der Waals surface area contributed by atoms with Gasteiger partial charge in [0.05, 0.1) is 11.5 Å². The molecule has 0 heterocycles. The maximum atomic E-state index is 12.5. The van der Waals surface area contributed by atoms with E-state index >= 15 is 0 Å². The lowest BCUT2D eigenvalue weighted by atomic mass is 10.2. The third-order valence-corrected chi connectivity index (χ3v) is 6.15. The summed E-state index contributed by atoms with van der Waals surface area (Å²) in [6.07, 6.45) is 3.01. The molecule has 1 atom stereocenters. The van der Waals surface area contributed by atoms with Crippen molar-refractivity contribution in [1.82, 2.24) is 4.31 Å². The molecule has 0 spiro atoms. The molecule has 0 amide bonds. The van der Waals surface area contributed by atoms with E-state index < -0.39 is 10.0 Å². The lowest BCUT2D eigenvalue weighted by molar-refractivity contribution is 0.318. The molecule has 4 nitrogen and oxygen atoms in total. The zero-order valence-corrected chi connectivity index (χ0v) is 14.0. The second-order valence-electron chi connectivity index (χ2n) is 5.46. The fourth-order valence-corrected chi connectivity index (χ4v) is 3.74. The number of hydrogen-bond donors (Lipinski definition) is 0. The Bertz CT molecular complexity index is 555. The van der Waals surface area contributed by atoms with Crippen molar-refractivity contribution in [2.75, 3.05) is 19.5 Å². The molecule has 1 aliphatic rings. The Kier molecular flexibility index (Phi) is 5.52. The Hall–Kier alpha value is -0.780. The summed E-state index contributed by atoms with van der Waals surface area (Å²) >= 11 is 5.58. The fraction of sp³-hybridized carbons (Fsp3) is 0.600. The summed E-state index contributed by atoms with van der Waals surface area (Å²) in [5.41, 5.74) is 0. The minimum atomic E-state index is -3.43. The maximum absolute atomic E-state index is 12.5. The number of rotatable bonds is 8. The highest BCUT2D eigenvalue weighted by atomic mass is 35.5. The summed E-state index contributed by atoms with van der Waals surface area (Å²) in [6, 6.07) is 6.63. The number of benzene rings is 1. The summed E-state index contributed by atoms with van der Waals surface area (Å²) in [4.78, 5) is 0.308. The van der Waals surface area contributed by atoms with Crippen molar-refractivity contribution < 1.29 is 13.2 Å². The van der Waals surface area contributed by atoms with E-state index in [0.717, 1.165) is 19.3 Å². The smallest absolute Gasteiger partial charge is 0.243 e. The Labute approximate surface area is 132 Å². The van der Waals surface area contributed by atoms with E-state index in [1.54, 1.807) is 31.3 Å². The summed E-state index contributed by atoms with van der Waals surface area (Å²) < 4.78 is 32.0. The molecule has 2 rings (SSSR count). The number of halogens is 1. The zero-order valence-electron chi connectivity index (χ0n) is 12.5. The average Bonchev–Trinajstić information content (AvgIpc) is 3.31. The van der Waals surface area contributed by atoms with Crippen LogP contribution in [0.15, 0.2) is 29.2 Å². The molecule has 118 valence electrons. The minimum Gasteiger partial charge on any atom is -0.494 e. The minimum absolute atomic E-state index is 0.0506. The molecule has 1 aromatic rings. The molecule has 0 saturated heterocycles. The Morgan fingerprint density at radius 1 is 1.33 bits per heavy atom. The predicted octanol–water partition coefficient (Wildman–Crippen LogP) is 3.11. The summed E-state index contributed by atoms with van der Waals surface area (Å²) in [5, 5.41) is 0. The van der Waals surface area contributed by atoms with Gasteiger partial charge in [0.25, 0.3) is 0 Å². The Morgan fingerprint density at radius 2 is 1.95 bits per heavy atom. The van der Waals surface area contributed by atoms with Gasteiger partial charge in [-0.15, -0.1) is 11.6 Å². The van der Waals surface area contributed by atoms with Gasteiger partial charge in [-0.1, -0.05) is 0 Å². The molecule has 0 aliphatic heterocycles. The van der Waals surface area contributed by atoms with E-state index in [1.807, 2.05) is 6.92 Å². The van der Waals surface area contributed by atoms with Crippen LogP contribution in [0.5, 0.6) is 5.75 Å². The van der Waals surface area contributed by atoms with E-state index in [1.165, 1.54) is 4.31 Å². The van der Waals surface area contributed by atoms with Gasteiger partial charge in [-0.2, -0.15) is 4.31 Å². The largest absolute Gasteiger partial charge is 0.494 e. The third kappa shape index (κ3) is 4.11. The normalized spacial score (nSPS) is 17.0. The topological polar surface area (TPSA) is 46.6 Å². The van der Waals surface area contributed by atoms with Crippen LogP contribution in [0, 0.1) is 5.92 Å². The fourth-order valence-electron chi connectivity index (χ4n) is 2.21. The molecule has 0 aromatic heterocycles. The standard InChI is InChI=1S/C15H22ClNO3S/c1-12(13-4-5-13)17(2)21(18,19)15-8-6-14(7-9-15)20-11-3-10-16/h6-9,12-13H,3-5,10-11H2,1-2H3. The lowest BCUT2D eigenvalue weighted by Gasteiger charge is -2.24. The van der Waals surface area contributed by atoms with E-state index in [4.69, 9.17) is 16.3 Å². The van der Waals surface area contributed by atoms with Crippen molar-refractivity contribution in [1.29, 1.82) is 0 Å². The first-order valence-corrected chi connectivity index (χ1v) is 9.21. The van der Waals surface area contributed by atoms with Crippen LogP contribution in [0.1, 0.15) is 26.2 Å². The molecular formula is C15H22ClNO3S. The quantitative estimate of drug-likeness (QED) is 0.543. The SMILES string of the molecule is CC(C1CC1)N(C)S(=O)(=O)c1ccc(OCCCCl)cc1. The van der Waals surface area contributed by atoms with Crippen LogP contribution in [0.3, 0.4) is 0 Å². The maximum Gasteiger partial charge on any atom is 0.243 e. The molecule has 1 saturated carbocycles. The number of alkyl halides is 1. The predicted molar refractivity (Wildman–Crippen MR) is 84.4 cm³/mol. The van der Waals surface area contributed by atoms with Gasteiger partial charge in [-0.25, -0.2) is 8.42 Å². The van der Waals surface area contributed by atoms with E-state index in [0.29, 0.717) is 29.0 Å². The van der Waals surface area contributed by atoms with Crippen LogP contribution < -0.4 is 4.74 Å². The summed E-state index contributed by atoms with van der Waals surface area (Å²) in [5.74, 6) is 1.72. The number of ether oxygens (including phenoxy) is 1. The monoisotopic (exact) mass is 331 g/mol. The van der Waals surface area contributed by atoms with Crippen LogP contribution in [0.4, 0.5) is 0 Å². The molecule has 1 aliphatic carbocycles. The van der Waals surface area contributed by atoms with Gasteiger partial charge < -0.3 is 4.74 Å². The Morgan fingerprint density at radius 3 is 2.48 bits per heavy atom. The van der Waals surface area contributed by atoms with E-state index in [-0.39, 0.29) is 6.04 Å². The molecule has 1 aromatic carbocycles. The highest BCUT2D eigenvalue weighted by Crippen LogP contribution is 2.36. The van der Waals surface area contributed by atoms with Gasteiger partial charge in [0.15, 0.2) is 0 Å². The van der Waals surface area contributed by atoms with Crippen LogP contribution >= 0.6 is 11.6 Å². The Balaban J connectivity index is 2.05. The molecule has 0 bridgehead atoms. The van der Waals surface area contributed by atoms with Gasteiger partial charge in [0.2, 0.25) is 10.0 Å². The van der Waals surface area contributed by atoms with Crippen molar-refractivity contribution in [3.63, 3.8) is 0 Å². The first kappa shape index (κ1) is 16.6. The van der Waals surface area contributed by atoms with E-state index in [2.05, 4.69) is 0 Å². The lowest BCUT2D eigenvalue weighted by Crippen LogP contribution is -2.36. The zero-order chi connectivity index (χ0) is 15.5. The van der Waals surface area contributed by atoms with Crippen molar-refractivity contribution >= 4 is 21.6 Å². The summed E-state index contributed by atoms with van der Waals surface area (Å²) in [7, 11) is -1.77. The second kappa shape index (κ2) is 6.99. The number of nitrogens with zero attached hydrogens (tertiary/aromatic N) is 1. The van der Waals surface area contributed by atoms with Crippen molar-refractivity contribution in [3.05, 3.63) is 24.3 Å². The highest BCUT2D eigenvalue weighted by Gasteiger charge is 2.35. The average molecular weight is 332 g/mol. The molecule has 6 heteroatoms. The van der Waals surface area contributed by atoms with Gasteiger partial charge in [0.1, 0.15) is 5.75 Å². The third-order valence-electron chi connectivity index (χ3n) is 3.93. The number of hydrogen-bond acceptors (Lipinski definition) is 3. The van der Waals surface area contributed by atoms with Gasteiger partial charge >= 0.3 is 0 Å². The van der Waals surface area contributed by atoms with Crippen molar-refractivity contribution in [3.8, 4) is 5.75 Å². The highest BCUT2D eigenvalue weighted by molar-refractivity contribution is 7.89. The molecule has 0 N–H and O–H groups in total. The van der Waals surface area contributed by atoms with Crippen LogP contribution in [-0.4, -0.2) is 38.3 Å². The summed E-state index contributed by atoms with van der Waals surface area (Å²) in [6.45, 7) is 2.51. The molecule has 21 heavy (non-hydrogen) atoms. The van der Waals surface area contributed by atoms with E-state index in [9.17, 15) is 8.42 Å². The first-order valence-electron chi connectivity index (χ1n) is 7.23. The van der Waals surface area contributed by atoms with Crippen molar-refractivity contribution in [2.45, 2.75) is 37.1 Å². The first-order chi connectivity index (χ1) is 9.96.